The van der Waals surface area contributed by atoms with Crippen molar-refractivity contribution in [2.45, 2.75) is 32.5 Å². The van der Waals surface area contributed by atoms with Crippen LogP contribution in [0.25, 0.3) is 0 Å². The number of sulfonamides is 1. The topological polar surface area (TPSA) is 95.6 Å². The average molecular weight is 506 g/mol. The highest BCUT2D eigenvalue weighted by atomic mass is 35.5. The Labute approximate surface area is 195 Å². The van der Waals surface area contributed by atoms with Crippen molar-refractivity contribution in [3.63, 3.8) is 0 Å². The summed E-state index contributed by atoms with van der Waals surface area (Å²) in [6, 6.07) is 8.13. The molecule has 0 aliphatic rings. The summed E-state index contributed by atoms with van der Waals surface area (Å²) < 4.78 is 64.4. The molecule has 12 heteroatoms. The Morgan fingerprint density at radius 1 is 1.15 bits per heavy atom. The fourth-order valence-electron chi connectivity index (χ4n) is 2.78. The molecule has 0 fully saturated rings. The number of carbonyl (C=O) groups excluding carboxylic acids is 2. The van der Waals surface area contributed by atoms with Crippen LogP contribution in [0.15, 0.2) is 42.5 Å². The molecule has 0 radical (unpaired) electrons. The molecule has 0 saturated carbocycles. The van der Waals surface area contributed by atoms with E-state index in [9.17, 15) is 31.2 Å². The molecule has 0 aliphatic carbocycles. The molecule has 0 spiro atoms. The van der Waals surface area contributed by atoms with Gasteiger partial charge in [0.2, 0.25) is 15.9 Å². The van der Waals surface area contributed by atoms with Crippen molar-refractivity contribution in [1.29, 1.82) is 0 Å². The number of amides is 2. The first-order chi connectivity index (χ1) is 15.2. The maximum absolute atomic E-state index is 13.1. The lowest BCUT2D eigenvalue weighted by molar-refractivity contribution is -0.137. The van der Waals surface area contributed by atoms with Crippen molar-refractivity contribution in [2.75, 3.05) is 22.4 Å². The van der Waals surface area contributed by atoms with E-state index in [0.29, 0.717) is 22.9 Å². The summed E-state index contributed by atoms with van der Waals surface area (Å²) in [5, 5.41) is 4.92. The van der Waals surface area contributed by atoms with Gasteiger partial charge in [0.1, 0.15) is 6.54 Å². The van der Waals surface area contributed by atoms with Crippen molar-refractivity contribution in [2.24, 2.45) is 0 Å². The number of para-hydroxylation sites is 1. The standard InChI is InChI=1S/C21H23ClF3N3O4S/c1-4-13(2)26-20(30)15-7-5-6-8-17(15)27-19(29)12-28(33(3,31)32)18-11-14(21(23,24)25)9-10-16(18)22/h5-11,13H,4,12H2,1-3H3,(H,26,30)(H,27,29). The molecule has 2 rings (SSSR count). The minimum absolute atomic E-state index is 0.117. The van der Waals surface area contributed by atoms with Gasteiger partial charge in [-0.1, -0.05) is 30.7 Å². The van der Waals surface area contributed by atoms with Gasteiger partial charge in [0.05, 0.1) is 33.8 Å². The lowest BCUT2D eigenvalue weighted by Gasteiger charge is -2.24. The van der Waals surface area contributed by atoms with Crippen molar-refractivity contribution < 1.29 is 31.2 Å². The zero-order valence-corrected chi connectivity index (χ0v) is 19.6. The summed E-state index contributed by atoms with van der Waals surface area (Å²) in [7, 11) is -4.19. The number of rotatable bonds is 8. The van der Waals surface area contributed by atoms with E-state index < -0.39 is 45.8 Å². The van der Waals surface area contributed by atoms with Crippen molar-refractivity contribution in [3.05, 3.63) is 58.6 Å². The van der Waals surface area contributed by atoms with E-state index in [1.54, 1.807) is 12.1 Å². The minimum atomic E-state index is -4.74. The number of nitrogens with one attached hydrogen (secondary N) is 2. The normalized spacial score (nSPS) is 12.7. The van der Waals surface area contributed by atoms with E-state index >= 15 is 0 Å². The van der Waals surface area contributed by atoms with Crippen LogP contribution in [-0.2, 0) is 21.0 Å². The predicted molar refractivity (Wildman–Crippen MR) is 121 cm³/mol. The number of halogens is 4. The van der Waals surface area contributed by atoms with Crippen LogP contribution in [0.3, 0.4) is 0 Å². The molecule has 1 atom stereocenters. The fraction of sp³-hybridized carbons (Fsp3) is 0.333. The van der Waals surface area contributed by atoms with Gasteiger partial charge in [-0.05, 0) is 43.7 Å². The molecule has 0 bridgehead atoms. The molecular formula is C21H23ClF3N3O4S. The third-order valence-corrected chi connectivity index (χ3v) is 6.11. The molecule has 2 aromatic carbocycles. The predicted octanol–water partition coefficient (Wildman–Crippen LogP) is 4.29. The Balaban J connectivity index is 2.34. The number of nitrogens with zero attached hydrogens (tertiary/aromatic N) is 1. The summed E-state index contributed by atoms with van der Waals surface area (Å²) in [6.07, 6.45) is -3.32. The summed E-state index contributed by atoms with van der Waals surface area (Å²) in [6.45, 7) is 2.83. The van der Waals surface area contributed by atoms with Gasteiger partial charge in [-0.15, -0.1) is 0 Å². The van der Waals surface area contributed by atoms with Crippen molar-refractivity contribution >= 4 is 44.8 Å². The lowest BCUT2D eigenvalue weighted by atomic mass is 10.1. The first-order valence-corrected chi connectivity index (χ1v) is 12.0. The average Bonchev–Trinajstić information content (AvgIpc) is 2.71. The highest BCUT2D eigenvalue weighted by molar-refractivity contribution is 7.92. The van der Waals surface area contributed by atoms with Gasteiger partial charge in [-0.25, -0.2) is 8.42 Å². The van der Waals surface area contributed by atoms with Gasteiger partial charge in [-0.3, -0.25) is 13.9 Å². The number of hydrogen-bond acceptors (Lipinski definition) is 4. The van der Waals surface area contributed by atoms with E-state index in [-0.39, 0.29) is 22.3 Å². The Morgan fingerprint density at radius 3 is 2.36 bits per heavy atom. The quantitative estimate of drug-likeness (QED) is 0.559. The molecule has 2 aromatic rings. The second-order valence-corrected chi connectivity index (χ2v) is 9.62. The first kappa shape index (κ1) is 26.5. The van der Waals surface area contributed by atoms with Crippen LogP contribution in [0.1, 0.15) is 36.2 Å². The molecular weight excluding hydrogens is 483 g/mol. The SMILES string of the molecule is CCC(C)NC(=O)c1ccccc1NC(=O)CN(c1cc(C(F)(F)F)ccc1Cl)S(C)(=O)=O. The van der Waals surface area contributed by atoms with E-state index in [4.69, 9.17) is 11.6 Å². The van der Waals surface area contributed by atoms with Gasteiger partial charge in [0, 0.05) is 6.04 Å². The molecule has 33 heavy (non-hydrogen) atoms. The summed E-state index contributed by atoms with van der Waals surface area (Å²) in [5.74, 6) is -1.32. The smallest absolute Gasteiger partial charge is 0.350 e. The number of anilines is 2. The van der Waals surface area contributed by atoms with Gasteiger partial charge >= 0.3 is 6.18 Å². The second kappa shape index (κ2) is 10.4. The lowest BCUT2D eigenvalue weighted by Crippen LogP contribution is -2.38. The molecule has 1 unspecified atom stereocenters. The Morgan fingerprint density at radius 2 is 1.79 bits per heavy atom. The van der Waals surface area contributed by atoms with Crippen LogP contribution in [0.5, 0.6) is 0 Å². The van der Waals surface area contributed by atoms with Crippen molar-refractivity contribution in [1.82, 2.24) is 5.32 Å². The van der Waals surface area contributed by atoms with Gasteiger partial charge in [0.25, 0.3) is 5.91 Å². The molecule has 180 valence electrons. The van der Waals surface area contributed by atoms with Crippen LogP contribution in [0.2, 0.25) is 5.02 Å². The Hall–Kier alpha value is -2.79. The zero-order chi connectivity index (χ0) is 25.0. The van der Waals surface area contributed by atoms with Gasteiger partial charge in [-0.2, -0.15) is 13.2 Å². The molecule has 0 saturated heterocycles. The van der Waals surface area contributed by atoms with Crippen LogP contribution in [0.4, 0.5) is 24.5 Å². The van der Waals surface area contributed by atoms with E-state index in [1.165, 1.54) is 12.1 Å². The maximum atomic E-state index is 13.1. The summed E-state index contributed by atoms with van der Waals surface area (Å²) in [4.78, 5) is 25.2. The first-order valence-electron chi connectivity index (χ1n) is 9.78. The number of benzene rings is 2. The summed E-state index contributed by atoms with van der Waals surface area (Å²) >= 11 is 5.96. The van der Waals surface area contributed by atoms with Crippen LogP contribution in [-0.4, -0.2) is 39.1 Å². The summed E-state index contributed by atoms with van der Waals surface area (Å²) in [5.41, 5.74) is -1.35. The van der Waals surface area contributed by atoms with E-state index in [2.05, 4.69) is 10.6 Å². The van der Waals surface area contributed by atoms with E-state index in [0.717, 1.165) is 12.3 Å². The third kappa shape index (κ3) is 7.10. The molecule has 0 aliphatic heterocycles. The molecule has 7 nitrogen and oxygen atoms in total. The molecule has 2 N–H and O–H groups in total. The Bertz CT molecular complexity index is 1140. The van der Waals surface area contributed by atoms with Gasteiger partial charge < -0.3 is 10.6 Å². The largest absolute Gasteiger partial charge is 0.416 e. The van der Waals surface area contributed by atoms with Crippen LogP contribution in [0, 0.1) is 0 Å². The van der Waals surface area contributed by atoms with Gasteiger partial charge in [0.15, 0.2) is 0 Å². The van der Waals surface area contributed by atoms with E-state index in [1.807, 2.05) is 13.8 Å². The van der Waals surface area contributed by atoms with Crippen LogP contribution >= 0.6 is 11.6 Å². The Kier molecular flexibility index (Phi) is 8.36. The second-order valence-electron chi connectivity index (χ2n) is 7.31. The van der Waals surface area contributed by atoms with Crippen LogP contribution < -0.4 is 14.9 Å². The maximum Gasteiger partial charge on any atom is 0.416 e. The third-order valence-electron chi connectivity index (χ3n) is 4.67. The number of alkyl halides is 3. The molecule has 0 heterocycles. The number of carbonyl (C=O) groups is 2. The van der Waals surface area contributed by atoms with Crippen molar-refractivity contribution in [3.8, 4) is 0 Å². The number of hydrogen-bond donors (Lipinski definition) is 2. The molecule has 0 aromatic heterocycles. The highest BCUT2D eigenvalue weighted by Gasteiger charge is 2.33. The monoisotopic (exact) mass is 505 g/mol. The molecule has 2 amide bonds. The fourth-order valence-corrected chi connectivity index (χ4v) is 3.90. The highest BCUT2D eigenvalue weighted by Crippen LogP contribution is 2.36. The minimum Gasteiger partial charge on any atom is -0.350 e. The zero-order valence-electron chi connectivity index (χ0n) is 18.0.